The number of carbonyl (C=O) groups excluding carboxylic acids is 1. The standard InChI is InChI=1S/C21H26N2O4/c1-3-23(9-10-25-18-6-4-5-16(2)13-18)15-21(24)22-17-7-8-19-20(14-17)27-12-11-26-19/h4-8,13-14H,3,9-12,15H2,1-2H3,(H,22,24). The van der Waals surface area contributed by atoms with Gasteiger partial charge in [0.2, 0.25) is 5.91 Å². The zero-order valence-electron chi connectivity index (χ0n) is 15.9. The van der Waals surface area contributed by atoms with Gasteiger partial charge in [0.05, 0.1) is 6.54 Å². The molecule has 0 bridgehead atoms. The summed E-state index contributed by atoms with van der Waals surface area (Å²) in [4.78, 5) is 14.4. The molecule has 1 amide bonds. The summed E-state index contributed by atoms with van der Waals surface area (Å²) in [5, 5.41) is 2.92. The number of nitrogens with one attached hydrogen (secondary N) is 1. The molecule has 2 aromatic rings. The molecule has 27 heavy (non-hydrogen) atoms. The predicted octanol–water partition coefficient (Wildman–Crippen LogP) is 3.11. The molecular weight excluding hydrogens is 344 g/mol. The summed E-state index contributed by atoms with van der Waals surface area (Å²) in [5.41, 5.74) is 1.87. The fourth-order valence-corrected chi connectivity index (χ4v) is 2.87. The smallest absolute Gasteiger partial charge is 0.238 e. The first-order chi connectivity index (χ1) is 13.1. The number of hydrogen-bond donors (Lipinski definition) is 1. The maximum Gasteiger partial charge on any atom is 0.238 e. The Bertz CT molecular complexity index is 779. The third-order valence-electron chi connectivity index (χ3n) is 4.31. The van der Waals surface area contributed by atoms with Crippen molar-refractivity contribution >= 4 is 11.6 Å². The molecule has 0 saturated carbocycles. The van der Waals surface area contributed by atoms with Crippen molar-refractivity contribution < 1.29 is 19.0 Å². The fraction of sp³-hybridized carbons (Fsp3) is 0.381. The van der Waals surface area contributed by atoms with Crippen LogP contribution in [0.3, 0.4) is 0 Å². The van der Waals surface area contributed by atoms with E-state index in [1.54, 1.807) is 6.07 Å². The number of aryl methyl sites for hydroxylation is 1. The number of nitrogens with zero attached hydrogens (tertiary/aromatic N) is 1. The van der Waals surface area contributed by atoms with E-state index in [-0.39, 0.29) is 5.91 Å². The van der Waals surface area contributed by atoms with Gasteiger partial charge in [0.15, 0.2) is 11.5 Å². The van der Waals surface area contributed by atoms with Gasteiger partial charge in [-0.1, -0.05) is 19.1 Å². The largest absolute Gasteiger partial charge is 0.492 e. The molecular formula is C21H26N2O4. The molecule has 0 saturated heterocycles. The third kappa shape index (κ3) is 5.62. The van der Waals surface area contributed by atoms with Gasteiger partial charge in [0.25, 0.3) is 0 Å². The Kier molecular flexibility index (Phi) is 6.54. The van der Waals surface area contributed by atoms with Crippen molar-refractivity contribution in [2.45, 2.75) is 13.8 Å². The average molecular weight is 370 g/mol. The van der Waals surface area contributed by atoms with E-state index >= 15 is 0 Å². The van der Waals surface area contributed by atoms with E-state index in [1.165, 1.54) is 5.56 Å². The van der Waals surface area contributed by atoms with Gasteiger partial charge < -0.3 is 19.5 Å². The molecule has 1 N–H and O–H groups in total. The molecule has 0 fully saturated rings. The van der Waals surface area contributed by atoms with Crippen molar-refractivity contribution in [2.75, 3.05) is 44.8 Å². The lowest BCUT2D eigenvalue weighted by Crippen LogP contribution is -2.36. The third-order valence-corrected chi connectivity index (χ3v) is 4.31. The highest BCUT2D eigenvalue weighted by Crippen LogP contribution is 2.32. The quantitative estimate of drug-likeness (QED) is 0.774. The summed E-state index contributed by atoms with van der Waals surface area (Å²) >= 11 is 0. The Morgan fingerprint density at radius 2 is 1.96 bits per heavy atom. The summed E-state index contributed by atoms with van der Waals surface area (Å²) in [7, 11) is 0. The zero-order chi connectivity index (χ0) is 19.1. The first-order valence-corrected chi connectivity index (χ1v) is 9.25. The monoisotopic (exact) mass is 370 g/mol. The van der Waals surface area contributed by atoms with Crippen LogP contribution in [0, 0.1) is 6.92 Å². The first kappa shape index (κ1) is 19.0. The molecule has 0 radical (unpaired) electrons. The maximum absolute atomic E-state index is 12.4. The van der Waals surface area contributed by atoms with Crippen LogP contribution in [0.4, 0.5) is 5.69 Å². The van der Waals surface area contributed by atoms with E-state index in [0.29, 0.717) is 50.1 Å². The second kappa shape index (κ2) is 9.28. The summed E-state index contributed by atoms with van der Waals surface area (Å²) in [5.74, 6) is 2.16. The highest BCUT2D eigenvalue weighted by atomic mass is 16.6. The van der Waals surface area contributed by atoms with Crippen LogP contribution >= 0.6 is 0 Å². The van der Waals surface area contributed by atoms with Crippen LogP contribution in [0.5, 0.6) is 17.2 Å². The molecule has 1 aliphatic rings. The van der Waals surface area contributed by atoms with Crippen molar-refractivity contribution in [3.63, 3.8) is 0 Å². The molecule has 1 aliphatic heterocycles. The Balaban J connectivity index is 1.46. The van der Waals surface area contributed by atoms with E-state index in [4.69, 9.17) is 14.2 Å². The lowest BCUT2D eigenvalue weighted by atomic mass is 10.2. The van der Waals surface area contributed by atoms with Gasteiger partial charge in [-0.2, -0.15) is 0 Å². The van der Waals surface area contributed by atoms with Crippen molar-refractivity contribution in [3.8, 4) is 17.2 Å². The fourth-order valence-electron chi connectivity index (χ4n) is 2.87. The molecule has 6 heteroatoms. The number of rotatable bonds is 8. The lowest BCUT2D eigenvalue weighted by molar-refractivity contribution is -0.117. The van der Waals surface area contributed by atoms with Crippen LogP contribution in [0.2, 0.25) is 0 Å². The van der Waals surface area contributed by atoms with E-state index < -0.39 is 0 Å². The number of ether oxygens (including phenoxy) is 3. The van der Waals surface area contributed by atoms with Crippen LogP contribution in [0.15, 0.2) is 42.5 Å². The van der Waals surface area contributed by atoms with Gasteiger partial charge in [-0.15, -0.1) is 0 Å². The molecule has 0 aromatic heterocycles. The van der Waals surface area contributed by atoms with E-state index in [9.17, 15) is 4.79 Å². The number of hydrogen-bond acceptors (Lipinski definition) is 5. The van der Waals surface area contributed by atoms with Gasteiger partial charge >= 0.3 is 0 Å². The number of carbonyl (C=O) groups is 1. The highest BCUT2D eigenvalue weighted by Gasteiger charge is 2.14. The summed E-state index contributed by atoms with van der Waals surface area (Å²) in [6.45, 7) is 7.43. The van der Waals surface area contributed by atoms with E-state index in [0.717, 1.165) is 12.3 Å². The number of anilines is 1. The predicted molar refractivity (Wildman–Crippen MR) is 105 cm³/mol. The van der Waals surface area contributed by atoms with Crippen molar-refractivity contribution in [2.24, 2.45) is 0 Å². The van der Waals surface area contributed by atoms with Crippen LogP contribution in [0.1, 0.15) is 12.5 Å². The topological polar surface area (TPSA) is 60.0 Å². The Morgan fingerprint density at radius 3 is 2.74 bits per heavy atom. The molecule has 0 aliphatic carbocycles. The number of fused-ring (bicyclic) bond motifs is 1. The molecule has 0 spiro atoms. The van der Waals surface area contributed by atoms with Crippen molar-refractivity contribution in [1.82, 2.24) is 4.90 Å². The van der Waals surface area contributed by atoms with E-state index in [2.05, 4.69) is 5.32 Å². The summed E-state index contributed by atoms with van der Waals surface area (Å²) in [6.07, 6.45) is 0. The van der Waals surface area contributed by atoms with E-state index in [1.807, 2.05) is 55.1 Å². The van der Waals surface area contributed by atoms with Crippen LogP contribution in [0.25, 0.3) is 0 Å². The van der Waals surface area contributed by atoms with Crippen molar-refractivity contribution in [3.05, 3.63) is 48.0 Å². The Hall–Kier alpha value is -2.73. The van der Waals surface area contributed by atoms with Crippen LogP contribution in [-0.4, -0.2) is 50.3 Å². The molecule has 2 aromatic carbocycles. The lowest BCUT2D eigenvalue weighted by Gasteiger charge is -2.21. The zero-order valence-corrected chi connectivity index (χ0v) is 15.9. The number of amides is 1. The summed E-state index contributed by atoms with van der Waals surface area (Å²) in [6, 6.07) is 13.4. The second-order valence-electron chi connectivity index (χ2n) is 6.44. The van der Waals surface area contributed by atoms with Gasteiger partial charge in [0.1, 0.15) is 25.6 Å². The first-order valence-electron chi connectivity index (χ1n) is 9.25. The normalized spacial score (nSPS) is 12.7. The molecule has 0 unspecified atom stereocenters. The van der Waals surface area contributed by atoms with Gasteiger partial charge in [0, 0.05) is 18.3 Å². The van der Waals surface area contributed by atoms with Crippen LogP contribution in [-0.2, 0) is 4.79 Å². The van der Waals surface area contributed by atoms with Gasteiger partial charge in [-0.3, -0.25) is 9.69 Å². The maximum atomic E-state index is 12.4. The Morgan fingerprint density at radius 1 is 1.15 bits per heavy atom. The molecule has 1 heterocycles. The Labute approximate surface area is 160 Å². The van der Waals surface area contributed by atoms with Gasteiger partial charge in [-0.05, 0) is 43.3 Å². The number of likely N-dealkylation sites (N-methyl/N-ethyl adjacent to an activating group) is 1. The molecule has 3 rings (SSSR count). The highest BCUT2D eigenvalue weighted by molar-refractivity contribution is 5.92. The minimum Gasteiger partial charge on any atom is -0.492 e. The van der Waals surface area contributed by atoms with Crippen LogP contribution < -0.4 is 19.5 Å². The van der Waals surface area contributed by atoms with Crippen molar-refractivity contribution in [1.29, 1.82) is 0 Å². The average Bonchev–Trinajstić information content (AvgIpc) is 2.67. The summed E-state index contributed by atoms with van der Waals surface area (Å²) < 4.78 is 16.8. The minimum atomic E-state index is -0.0657. The molecule has 0 atom stereocenters. The molecule has 6 nitrogen and oxygen atoms in total. The molecule has 144 valence electrons. The minimum absolute atomic E-state index is 0.0657. The van der Waals surface area contributed by atoms with Gasteiger partial charge in [-0.25, -0.2) is 0 Å². The number of benzene rings is 2. The second-order valence-corrected chi connectivity index (χ2v) is 6.44. The SMILES string of the molecule is CCN(CCOc1cccc(C)c1)CC(=O)Nc1ccc2c(c1)OCCO2.